The van der Waals surface area contributed by atoms with E-state index in [0.717, 1.165) is 38.5 Å². The number of pyridine rings is 1. The predicted octanol–water partition coefficient (Wildman–Crippen LogP) is 2.51. The van der Waals surface area contributed by atoms with E-state index in [4.69, 9.17) is 4.74 Å². The minimum absolute atomic E-state index is 0.331. The average Bonchev–Trinajstić information content (AvgIpc) is 2.40. The van der Waals surface area contributed by atoms with Crippen molar-refractivity contribution in [3.63, 3.8) is 0 Å². The summed E-state index contributed by atoms with van der Waals surface area (Å²) >= 11 is 0. The number of nitrogens with zero attached hydrogens (tertiary/aromatic N) is 2. The standard InChI is InChI=1S/C15H25N3O/c1-4-14-11-19-12(3)9-18(14)10-13-6-7-17-15(8-13)16-5-2/h6-8,12,14H,4-5,9-11H2,1-3H3,(H,16,17). The molecule has 2 rings (SSSR count). The van der Waals surface area contributed by atoms with Gasteiger partial charge < -0.3 is 10.1 Å². The van der Waals surface area contributed by atoms with Crippen molar-refractivity contribution in [2.45, 2.75) is 45.9 Å². The highest BCUT2D eigenvalue weighted by Gasteiger charge is 2.25. The van der Waals surface area contributed by atoms with Crippen LogP contribution in [0.25, 0.3) is 0 Å². The summed E-state index contributed by atoms with van der Waals surface area (Å²) < 4.78 is 5.75. The maximum Gasteiger partial charge on any atom is 0.126 e. The molecule has 106 valence electrons. The molecule has 0 aliphatic carbocycles. The van der Waals surface area contributed by atoms with E-state index in [1.165, 1.54) is 5.56 Å². The topological polar surface area (TPSA) is 37.4 Å². The van der Waals surface area contributed by atoms with Gasteiger partial charge in [0.05, 0.1) is 12.7 Å². The van der Waals surface area contributed by atoms with E-state index in [1.807, 2.05) is 6.20 Å². The highest BCUT2D eigenvalue weighted by Crippen LogP contribution is 2.18. The number of aromatic nitrogens is 1. The molecule has 1 saturated heterocycles. The lowest BCUT2D eigenvalue weighted by Gasteiger charge is -2.38. The Morgan fingerprint density at radius 3 is 3.05 bits per heavy atom. The Morgan fingerprint density at radius 2 is 2.32 bits per heavy atom. The molecule has 1 N–H and O–H groups in total. The van der Waals surface area contributed by atoms with Crippen molar-refractivity contribution in [2.75, 3.05) is 25.0 Å². The molecule has 2 atom stereocenters. The summed E-state index contributed by atoms with van der Waals surface area (Å²) in [7, 11) is 0. The second kappa shape index (κ2) is 6.87. The van der Waals surface area contributed by atoms with Gasteiger partial charge in [-0.1, -0.05) is 6.92 Å². The van der Waals surface area contributed by atoms with E-state index in [0.29, 0.717) is 12.1 Å². The molecule has 0 amide bonds. The molecule has 0 aromatic carbocycles. The smallest absolute Gasteiger partial charge is 0.126 e. The Labute approximate surface area is 116 Å². The molecule has 0 spiro atoms. The maximum absolute atomic E-state index is 5.75. The first-order valence-corrected chi connectivity index (χ1v) is 7.27. The first-order chi connectivity index (χ1) is 9.22. The monoisotopic (exact) mass is 263 g/mol. The van der Waals surface area contributed by atoms with Crippen molar-refractivity contribution in [3.05, 3.63) is 23.9 Å². The number of ether oxygens (including phenoxy) is 1. The third kappa shape index (κ3) is 3.91. The Morgan fingerprint density at radius 1 is 1.47 bits per heavy atom. The molecule has 1 aliphatic heterocycles. The number of rotatable bonds is 5. The summed E-state index contributed by atoms with van der Waals surface area (Å²) in [5.74, 6) is 0.967. The third-order valence-electron chi connectivity index (χ3n) is 3.62. The molecule has 0 saturated carbocycles. The van der Waals surface area contributed by atoms with Crippen molar-refractivity contribution in [3.8, 4) is 0 Å². The fourth-order valence-electron chi connectivity index (χ4n) is 2.57. The quantitative estimate of drug-likeness (QED) is 0.885. The molecule has 4 heteroatoms. The molecule has 4 nitrogen and oxygen atoms in total. The molecular weight excluding hydrogens is 238 g/mol. The normalized spacial score (nSPS) is 24.4. The third-order valence-corrected chi connectivity index (χ3v) is 3.62. The lowest BCUT2D eigenvalue weighted by molar-refractivity contribution is -0.0592. The van der Waals surface area contributed by atoms with Crippen LogP contribution in [0.4, 0.5) is 5.82 Å². The summed E-state index contributed by atoms with van der Waals surface area (Å²) in [5.41, 5.74) is 1.32. The van der Waals surface area contributed by atoms with Gasteiger partial charge in [-0.15, -0.1) is 0 Å². The summed E-state index contributed by atoms with van der Waals surface area (Å²) in [6, 6.07) is 4.79. The van der Waals surface area contributed by atoms with Gasteiger partial charge in [-0.05, 0) is 38.0 Å². The SMILES string of the molecule is CCNc1cc(CN2CC(C)OCC2CC)ccn1. The molecule has 1 aliphatic rings. The lowest BCUT2D eigenvalue weighted by atomic mass is 10.1. The van der Waals surface area contributed by atoms with Gasteiger partial charge in [-0.25, -0.2) is 4.98 Å². The highest BCUT2D eigenvalue weighted by molar-refractivity contribution is 5.37. The van der Waals surface area contributed by atoms with Crippen LogP contribution in [0.1, 0.15) is 32.8 Å². The fraction of sp³-hybridized carbons (Fsp3) is 0.667. The van der Waals surface area contributed by atoms with Crippen LogP contribution in [-0.2, 0) is 11.3 Å². The maximum atomic E-state index is 5.75. The van der Waals surface area contributed by atoms with Crippen LogP contribution >= 0.6 is 0 Å². The second-order valence-corrected chi connectivity index (χ2v) is 5.22. The molecule has 0 bridgehead atoms. The fourth-order valence-corrected chi connectivity index (χ4v) is 2.57. The van der Waals surface area contributed by atoms with Gasteiger partial charge in [0, 0.05) is 31.9 Å². The largest absolute Gasteiger partial charge is 0.376 e. The van der Waals surface area contributed by atoms with Crippen LogP contribution in [0.15, 0.2) is 18.3 Å². The van der Waals surface area contributed by atoms with Gasteiger partial charge in [0.25, 0.3) is 0 Å². The van der Waals surface area contributed by atoms with E-state index in [-0.39, 0.29) is 0 Å². The zero-order valence-electron chi connectivity index (χ0n) is 12.2. The lowest BCUT2D eigenvalue weighted by Crippen LogP contribution is -2.47. The zero-order chi connectivity index (χ0) is 13.7. The highest BCUT2D eigenvalue weighted by atomic mass is 16.5. The summed E-state index contributed by atoms with van der Waals surface area (Å²) in [6.07, 6.45) is 3.36. The van der Waals surface area contributed by atoms with Gasteiger partial charge in [-0.3, -0.25) is 4.90 Å². The minimum Gasteiger partial charge on any atom is -0.376 e. The molecule has 1 aromatic heterocycles. The van der Waals surface area contributed by atoms with E-state index in [1.54, 1.807) is 0 Å². The Balaban J connectivity index is 2.03. The Bertz CT molecular complexity index is 397. The summed E-state index contributed by atoms with van der Waals surface area (Å²) in [4.78, 5) is 6.85. The summed E-state index contributed by atoms with van der Waals surface area (Å²) in [5, 5.41) is 3.26. The number of hydrogen-bond donors (Lipinski definition) is 1. The van der Waals surface area contributed by atoms with Gasteiger partial charge in [-0.2, -0.15) is 0 Å². The Hall–Kier alpha value is -1.13. The van der Waals surface area contributed by atoms with Crippen molar-refractivity contribution in [1.82, 2.24) is 9.88 Å². The molecule has 0 radical (unpaired) electrons. The average molecular weight is 263 g/mol. The number of morpholine rings is 1. The van der Waals surface area contributed by atoms with E-state index < -0.39 is 0 Å². The first kappa shape index (κ1) is 14.3. The zero-order valence-corrected chi connectivity index (χ0v) is 12.2. The van der Waals surface area contributed by atoms with Gasteiger partial charge in [0.15, 0.2) is 0 Å². The minimum atomic E-state index is 0.331. The van der Waals surface area contributed by atoms with Gasteiger partial charge >= 0.3 is 0 Å². The van der Waals surface area contributed by atoms with Crippen molar-refractivity contribution >= 4 is 5.82 Å². The van der Waals surface area contributed by atoms with Crippen molar-refractivity contribution in [1.29, 1.82) is 0 Å². The van der Waals surface area contributed by atoms with Gasteiger partial charge in [0.2, 0.25) is 0 Å². The number of nitrogens with one attached hydrogen (secondary N) is 1. The number of anilines is 1. The van der Waals surface area contributed by atoms with Crippen LogP contribution in [0, 0.1) is 0 Å². The molecule has 2 unspecified atom stereocenters. The van der Waals surface area contributed by atoms with E-state index in [2.05, 4.69) is 48.1 Å². The second-order valence-electron chi connectivity index (χ2n) is 5.22. The van der Waals surface area contributed by atoms with Crippen LogP contribution in [-0.4, -0.2) is 41.7 Å². The van der Waals surface area contributed by atoms with Crippen LogP contribution < -0.4 is 5.32 Å². The van der Waals surface area contributed by atoms with Crippen molar-refractivity contribution in [2.24, 2.45) is 0 Å². The molecule has 1 aromatic rings. The Kier molecular flexibility index (Phi) is 5.16. The molecule has 2 heterocycles. The molecular formula is C15H25N3O. The van der Waals surface area contributed by atoms with Crippen LogP contribution in [0.2, 0.25) is 0 Å². The first-order valence-electron chi connectivity index (χ1n) is 7.27. The summed E-state index contributed by atoms with van der Waals surface area (Å²) in [6.45, 7) is 10.2. The van der Waals surface area contributed by atoms with E-state index in [9.17, 15) is 0 Å². The molecule has 19 heavy (non-hydrogen) atoms. The molecule has 1 fully saturated rings. The van der Waals surface area contributed by atoms with E-state index >= 15 is 0 Å². The van der Waals surface area contributed by atoms with Crippen molar-refractivity contribution < 1.29 is 4.74 Å². The van der Waals surface area contributed by atoms with Crippen LogP contribution in [0.3, 0.4) is 0 Å². The predicted molar refractivity (Wildman–Crippen MR) is 78.3 cm³/mol. The van der Waals surface area contributed by atoms with Gasteiger partial charge in [0.1, 0.15) is 5.82 Å². The number of hydrogen-bond acceptors (Lipinski definition) is 4. The van der Waals surface area contributed by atoms with Crippen LogP contribution in [0.5, 0.6) is 0 Å².